The van der Waals surface area contributed by atoms with Crippen LogP contribution in [0.4, 0.5) is 0 Å². The number of carbonyl (C=O) groups excluding carboxylic acids is 1. The van der Waals surface area contributed by atoms with Crippen molar-refractivity contribution in [3.63, 3.8) is 0 Å². The predicted molar refractivity (Wildman–Crippen MR) is 57.1 cm³/mol. The van der Waals surface area contributed by atoms with E-state index < -0.39 is 0 Å². The Morgan fingerprint density at radius 1 is 1.43 bits per heavy atom. The van der Waals surface area contributed by atoms with Gasteiger partial charge in [-0.1, -0.05) is 30.3 Å². The summed E-state index contributed by atoms with van der Waals surface area (Å²) >= 11 is 0. The lowest BCUT2D eigenvalue weighted by Crippen LogP contribution is -3.11. The lowest BCUT2D eigenvalue weighted by molar-refractivity contribution is -0.866. The molecule has 76 valence electrons. The van der Waals surface area contributed by atoms with E-state index >= 15 is 0 Å². The molecule has 1 aromatic carbocycles. The second kappa shape index (κ2) is 4.91. The Bertz CT molecular complexity index is 294. The Kier molecular flexibility index (Phi) is 3.84. The maximum Gasteiger partial charge on any atom is 0.217 e. The third kappa shape index (κ3) is 2.42. The first-order valence-corrected chi connectivity index (χ1v) is 4.93. The molecule has 0 saturated heterocycles. The molecule has 0 aliphatic carbocycles. The maximum atomic E-state index is 11.9. The summed E-state index contributed by atoms with van der Waals surface area (Å²) in [7, 11) is 3.90. The first-order chi connectivity index (χ1) is 6.66. The molecule has 0 aliphatic rings. The van der Waals surface area contributed by atoms with E-state index in [9.17, 15) is 4.79 Å². The minimum atomic E-state index is -0.0672. The van der Waals surface area contributed by atoms with Crippen molar-refractivity contribution in [1.29, 1.82) is 0 Å². The number of likely N-dealkylation sites (N-methyl/N-ethyl adjacent to an activating group) is 1. The maximum absolute atomic E-state index is 11.9. The number of nitrogens with one attached hydrogen (secondary N) is 1. The summed E-state index contributed by atoms with van der Waals surface area (Å²) in [6.45, 7) is 4.80. The molecule has 2 nitrogen and oxygen atoms in total. The van der Waals surface area contributed by atoms with E-state index in [1.165, 1.54) is 0 Å². The average molecular weight is 191 g/mol. The molecule has 2 heteroatoms. The van der Waals surface area contributed by atoms with Crippen molar-refractivity contribution in [2.45, 2.75) is 19.9 Å². The van der Waals surface area contributed by atoms with Gasteiger partial charge in [0.2, 0.25) is 5.78 Å². The fourth-order valence-electron chi connectivity index (χ4n) is 1.34. The van der Waals surface area contributed by atoms with Crippen LogP contribution in [0.2, 0.25) is 0 Å². The van der Waals surface area contributed by atoms with Crippen molar-refractivity contribution in [3.05, 3.63) is 42.9 Å². The highest BCUT2D eigenvalue weighted by molar-refractivity contribution is 5.98. The SMILES string of the molecule is [CH2-][NH+](CC)C(C)C(=O)c1ccccc1. The molecule has 0 aliphatic heterocycles. The third-order valence-corrected chi connectivity index (χ3v) is 2.52. The summed E-state index contributed by atoms with van der Waals surface area (Å²) in [5.41, 5.74) is 0.773. The number of hydrogen-bond acceptors (Lipinski definition) is 1. The van der Waals surface area contributed by atoms with Gasteiger partial charge in [0.1, 0.15) is 6.04 Å². The highest BCUT2D eigenvalue weighted by Crippen LogP contribution is 2.01. The average Bonchev–Trinajstić information content (AvgIpc) is 2.27. The van der Waals surface area contributed by atoms with Crippen LogP contribution in [0.25, 0.3) is 0 Å². The van der Waals surface area contributed by atoms with E-state index in [-0.39, 0.29) is 11.8 Å². The van der Waals surface area contributed by atoms with E-state index in [2.05, 4.69) is 7.05 Å². The molecule has 0 bridgehead atoms. The second-order valence-electron chi connectivity index (χ2n) is 3.46. The fourth-order valence-corrected chi connectivity index (χ4v) is 1.34. The van der Waals surface area contributed by atoms with Gasteiger partial charge in [-0.3, -0.25) is 4.79 Å². The van der Waals surface area contributed by atoms with Gasteiger partial charge in [0.25, 0.3) is 0 Å². The van der Waals surface area contributed by atoms with Gasteiger partial charge in [-0.2, -0.15) is 7.05 Å². The van der Waals surface area contributed by atoms with Crippen LogP contribution in [-0.4, -0.2) is 18.4 Å². The highest BCUT2D eigenvalue weighted by Gasteiger charge is 2.18. The Morgan fingerprint density at radius 2 is 2.00 bits per heavy atom. The van der Waals surface area contributed by atoms with Crippen LogP contribution in [0, 0.1) is 7.05 Å². The summed E-state index contributed by atoms with van der Waals surface area (Å²) in [5, 5.41) is 0. The Balaban J connectivity index is 2.76. The standard InChI is InChI=1S/C12H17NO/c1-4-13(3)10(2)12(14)11-8-6-5-7-9-11/h5-10,13H,3-4H2,1-2H3. The zero-order valence-corrected chi connectivity index (χ0v) is 8.79. The van der Waals surface area contributed by atoms with Crippen molar-refractivity contribution in [1.82, 2.24) is 0 Å². The molecule has 14 heavy (non-hydrogen) atoms. The van der Waals surface area contributed by atoms with Crippen molar-refractivity contribution in [3.8, 4) is 0 Å². The Morgan fingerprint density at radius 3 is 2.50 bits per heavy atom. The third-order valence-electron chi connectivity index (χ3n) is 2.52. The summed E-state index contributed by atoms with van der Waals surface area (Å²) in [5.74, 6) is 0.164. The molecule has 0 aromatic heterocycles. The van der Waals surface area contributed by atoms with Gasteiger partial charge in [0, 0.05) is 5.56 Å². The van der Waals surface area contributed by atoms with Gasteiger partial charge < -0.3 is 4.90 Å². The summed E-state index contributed by atoms with van der Waals surface area (Å²) < 4.78 is 0. The van der Waals surface area contributed by atoms with Crippen LogP contribution < -0.4 is 4.90 Å². The molecule has 0 saturated carbocycles. The largest absolute Gasteiger partial charge is 0.459 e. The van der Waals surface area contributed by atoms with Gasteiger partial charge in [0.15, 0.2) is 0 Å². The molecule has 0 spiro atoms. The molecular formula is C12H17NO. The number of carbonyl (C=O) groups is 1. The zero-order chi connectivity index (χ0) is 10.6. The number of quaternary nitrogens is 1. The summed E-state index contributed by atoms with van der Waals surface area (Å²) in [4.78, 5) is 12.9. The van der Waals surface area contributed by atoms with Gasteiger partial charge in [-0.25, -0.2) is 0 Å². The van der Waals surface area contributed by atoms with Crippen LogP contribution in [0.1, 0.15) is 24.2 Å². The van der Waals surface area contributed by atoms with E-state index in [0.29, 0.717) is 0 Å². The molecule has 2 unspecified atom stereocenters. The smallest absolute Gasteiger partial charge is 0.217 e. The van der Waals surface area contributed by atoms with Crippen LogP contribution in [0.5, 0.6) is 0 Å². The molecule has 1 rings (SSSR count). The molecule has 1 aromatic rings. The van der Waals surface area contributed by atoms with Crippen molar-refractivity contribution < 1.29 is 9.69 Å². The van der Waals surface area contributed by atoms with Crippen LogP contribution in [0.3, 0.4) is 0 Å². The van der Waals surface area contributed by atoms with Crippen LogP contribution >= 0.6 is 0 Å². The van der Waals surface area contributed by atoms with Crippen LogP contribution in [0.15, 0.2) is 30.3 Å². The van der Waals surface area contributed by atoms with E-state index in [1.54, 1.807) is 0 Å². The number of Topliss-reactive ketones (excluding diaryl/α,β-unsaturated/α-hetero) is 1. The molecule has 0 fully saturated rings. The number of hydrogen-bond donors (Lipinski definition) is 1. The van der Waals surface area contributed by atoms with Gasteiger partial charge >= 0.3 is 0 Å². The monoisotopic (exact) mass is 191 g/mol. The minimum Gasteiger partial charge on any atom is -0.459 e. The van der Waals surface area contributed by atoms with Crippen molar-refractivity contribution >= 4 is 5.78 Å². The molecule has 2 atom stereocenters. The highest BCUT2D eigenvalue weighted by atomic mass is 16.1. The quantitative estimate of drug-likeness (QED) is 0.555. The Hall–Kier alpha value is -1.15. The van der Waals surface area contributed by atoms with Gasteiger partial charge in [0.05, 0.1) is 6.54 Å². The van der Waals surface area contributed by atoms with Crippen LogP contribution in [-0.2, 0) is 0 Å². The Labute approximate surface area is 85.5 Å². The predicted octanol–water partition coefficient (Wildman–Crippen LogP) is 0.954. The lowest BCUT2D eigenvalue weighted by Gasteiger charge is -2.25. The topological polar surface area (TPSA) is 21.5 Å². The van der Waals surface area contributed by atoms with Gasteiger partial charge in [-0.15, -0.1) is 0 Å². The summed E-state index contributed by atoms with van der Waals surface area (Å²) in [6, 6.07) is 9.31. The first kappa shape index (κ1) is 10.9. The van der Waals surface area contributed by atoms with E-state index in [4.69, 9.17) is 0 Å². The molecule has 0 radical (unpaired) electrons. The number of ketones is 1. The first-order valence-electron chi connectivity index (χ1n) is 4.93. The molecule has 0 heterocycles. The number of rotatable bonds is 4. The molecular weight excluding hydrogens is 174 g/mol. The fraction of sp³-hybridized carbons (Fsp3) is 0.333. The van der Waals surface area contributed by atoms with Gasteiger partial charge in [-0.05, 0) is 13.8 Å². The normalized spacial score (nSPS) is 14.8. The zero-order valence-electron chi connectivity index (χ0n) is 8.79. The molecule has 1 N–H and O–H groups in total. The van der Waals surface area contributed by atoms with Crippen molar-refractivity contribution in [2.75, 3.05) is 6.54 Å². The minimum absolute atomic E-state index is 0.0672. The van der Waals surface area contributed by atoms with E-state index in [1.807, 2.05) is 44.2 Å². The lowest BCUT2D eigenvalue weighted by atomic mass is 10.0. The van der Waals surface area contributed by atoms with Crippen molar-refractivity contribution in [2.24, 2.45) is 0 Å². The number of benzene rings is 1. The second-order valence-corrected chi connectivity index (χ2v) is 3.46. The summed E-state index contributed by atoms with van der Waals surface area (Å²) in [6.07, 6.45) is 0. The van der Waals surface area contributed by atoms with E-state index in [0.717, 1.165) is 17.0 Å². The molecule has 0 amide bonds.